The van der Waals surface area contributed by atoms with E-state index in [9.17, 15) is 0 Å². The standard InChI is InChI=1S/C13H19NOS/c1-10-12(7-8-16-10)14-13-6-4-3-5-11(13)9-15-2/h3-6,10,12,14H,7-9H2,1-2H3. The highest BCUT2D eigenvalue weighted by atomic mass is 32.2. The molecule has 88 valence electrons. The minimum atomic E-state index is 0.600. The van der Waals surface area contributed by atoms with Crippen molar-refractivity contribution in [3.63, 3.8) is 0 Å². The molecule has 16 heavy (non-hydrogen) atoms. The molecule has 1 fully saturated rings. The van der Waals surface area contributed by atoms with Crippen LogP contribution in [0.25, 0.3) is 0 Å². The molecule has 2 unspecified atom stereocenters. The van der Waals surface area contributed by atoms with Crippen LogP contribution in [0.1, 0.15) is 18.9 Å². The van der Waals surface area contributed by atoms with Crippen molar-refractivity contribution in [3.8, 4) is 0 Å². The summed E-state index contributed by atoms with van der Waals surface area (Å²) in [6, 6.07) is 9.01. The van der Waals surface area contributed by atoms with Crippen LogP contribution in [-0.2, 0) is 11.3 Å². The number of benzene rings is 1. The third-order valence-electron chi connectivity index (χ3n) is 3.03. The van der Waals surface area contributed by atoms with Crippen molar-refractivity contribution in [1.82, 2.24) is 0 Å². The Hall–Kier alpha value is -0.670. The molecule has 1 aliphatic rings. The zero-order valence-corrected chi connectivity index (χ0v) is 10.7. The highest BCUT2D eigenvalue weighted by Crippen LogP contribution is 2.29. The van der Waals surface area contributed by atoms with Crippen molar-refractivity contribution in [3.05, 3.63) is 29.8 Å². The molecule has 1 heterocycles. The highest BCUT2D eigenvalue weighted by molar-refractivity contribution is 8.00. The lowest BCUT2D eigenvalue weighted by Crippen LogP contribution is -2.25. The van der Waals surface area contributed by atoms with Crippen molar-refractivity contribution in [2.75, 3.05) is 18.2 Å². The first-order chi connectivity index (χ1) is 7.81. The van der Waals surface area contributed by atoms with Crippen LogP contribution in [0.15, 0.2) is 24.3 Å². The molecule has 2 nitrogen and oxygen atoms in total. The molecule has 0 amide bonds. The van der Waals surface area contributed by atoms with E-state index in [-0.39, 0.29) is 0 Å². The van der Waals surface area contributed by atoms with E-state index in [1.54, 1.807) is 7.11 Å². The van der Waals surface area contributed by atoms with Crippen LogP contribution in [0, 0.1) is 0 Å². The molecular weight excluding hydrogens is 218 g/mol. The van der Waals surface area contributed by atoms with Crippen LogP contribution < -0.4 is 5.32 Å². The molecule has 0 spiro atoms. The fraction of sp³-hybridized carbons (Fsp3) is 0.538. The average Bonchev–Trinajstić information content (AvgIpc) is 2.68. The summed E-state index contributed by atoms with van der Waals surface area (Å²) >= 11 is 2.05. The smallest absolute Gasteiger partial charge is 0.0733 e. The zero-order chi connectivity index (χ0) is 11.4. The van der Waals surface area contributed by atoms with Gasteiger partial charge in [-0.1, -0.05) is 25.1 Å². The van der Waals surface area contributed by atoms with E-state index in [1.807, 2.05) is 0 Å². The van der Waals surface area contributed by atoms with Gasteiger partial charge < -0.3 is 10.1 Å². The largest absolute Gasteiger partial charge is 0.381 e. The Bertz CT molecular complexity index is 342. The number of para-hydroxylation sites is 1. The average molecular weight is 237 g/mol. The number of hydrogen-bond acceptors (Lipinski definition) is 3. The van der Waals surface area contributed by atoms with Crippen LogP contribution in [0.2, 0.25) is 0 Å². The predicted molar refractivity (Wildman–Crippen MR) is 71.1 cm³/mol. The molecule has 0 aromatic heterocycles. The number of rotatable bonds is 4. The van der Waals surface area contributed by atoms with Crippen molar-refractivity contribution in [2.45, 2.75) is 31.2 Å². The second kappa shape index (κ2) is 5.60. The van der Waals surface area contributed by atoms with Crippen LogP contribution in [0.5, 0.6) is 0 Å². The summed E-state index contributed by atoms with van der Waals surface area (Å²) < 4.78 is 5.21. The second-order valence-corrected chi connectivity index (χ2v) is 5.69. The van der Waals surface area contributed by atoms with Crippen molar-refractivity contribution < 1.29 is 4.74 Å². The molecule has 0 aliphatic carbocycles. The summed E-state index contributed by atoms with van der Waals surface area (Å²) in [4.78, 5) is 0. The number of methoxy groups -OCH3 is 1. The van der Waals surface area contributed by atoms with E-state index in [0.717, 1.165) is 0 Å². The first-order valence-corrected chi connectivity index (χ1v) is 6.81. The van der Waals surface area contributed by atoms with E-state index >= 15 is 0 Å². The Balaban J connectivity index is 2.07. The lowest BCUT2D eigenvalue weighted by Gasteiger charge is -2.20. The van der Waals surface area contributed by atoms with Gasteiger partial charge in [0.05, 0.1) is 6.61 Å². The van der Waals surface area contributed by atoms with Gasteiger partial charge in [-0.25, -0.2) is 0 Å². The van der Waals surface area contributed by atoms with Crippen molar-refractivity contribution in [2.24, 2.45) is 0 Å². The molecule has 0 saturated carbocycles. The molecule has 1 aromatic carbocycles. The SMILES string of the molecule is COCc1ccccc1NC1CCSC1C. The fourth-order valence-electron chi connectivity index (χ4n) is 2.06. The molecule has 0 bridgehead atoms. The van der Waals surface area contributed by atoms with Crippen LogP contribution in [0.3, 0.4) is 0 Å². The Morgan fingerprint density at radius 3 is 2.94 bits per heavy atom. The summed E-state index contributed by atoms with van der Waals surface area (Å²) in [6.45, 7) is 2.98. The van der Waals surface area contributed by atoms with Gasteiger partial charge in [-0.3, -0.25) is 0 Å². The Morgan fingerprint density at radius 1 is 1.44 bits per heavy atom. The quantitative estimate of drug-likeness (QED) is 0.869. The van der Waals surface area contributed by atoms with Gasteiger partial charge in [-0.2, -0.15) is 11.8 Å². The first-order valence-electron chi connectivity index (χ1n) is 5.76. The molecular formula is C13H19NOS. The molecule has 1 aliphatic heterocycles. The molecule has 1 aromatic rings. The van der Waals surface area contributed by atoms with E-state index in [1.165, 1.54) is 23.4 Å². The van der Waals surface area contributed by atoms with Crippen LogP contribution in [-0.4, -0.2) is 24.2 Å². The summed E-state index contributed by atoms with van der Waals surface area (Å²) in [7, 11) is 1.74. The topological polar surface area (TPSA) is 21.3 Å². The van der Waals surface area contributed by atoms with Crippen molar-refractivity contribution >= 4 is 17.4 Å². The maximum absolute atomic E-state index is 5.21. The van der Waals surface area contributed by atoms with Gasteiger partial charge in [0.15, 0.2) is 0 Å². The molecule has 1 N–H and O–H groups in total. The summed E-state index contributed by atoms with van der Waals surface area (Å²) in [6.07, 6.45) is 1.26. The first kappa shape index (κ1) is 11.8. The lowest BCUT2D eigenvalue weighted by atomic mass is 10.1. The second-order valence-electron chi connectivity index (χ2n) is 4.21. The van der Waals surface area contributed by atoms with Gasteiger partial charge in [0.25, 0.3) is 0 Å². The molecule has 1 saturated heterocycles. The third-order valence-corrected chi connectivity index (χ3v) is 4.36. The highest BCUT2D eigenvalue weighted by Gasteiger charge is 2.24. The predicted octanol–water partition coefficient (Wildman–Crippen LogP) is 3.14. The Kier molecular flexibility index (Phi) is 4.13. The van der Waals surface area contributed by atoms with Gasteiger partial charge in [0.1, 0.15) is 0 Å². The molecule has 2 rings (SSSR count). The molecule has 3 heteroatoms. The minimum Gasteiger partial charge on any atom is -0.381 e. The summed E-state index contributed by atoms with van der Waals surface area (Å²) in [5.41, 5.74) is 2.47. The van der Waals surface area contributed by atoms with Crippen LogP contribution >= 0.6 is 11.8 Å². The van der Waals surface area contributed by atoms with E-state index in [4.69, 9.17) is 4.74 Å². The Morgan fingerprint density at radius 2 is 2.25 bits per heavy atom. The zero-order valence-electron chi connectivity index (χ0n) is 9.90. The monoisotopic (exact) mass is 237 g/mol. The van der Waals surface area contributed by atoms with Gasteiger partial charge in [0, 0.05) is 29.7 Å². The lowest BCUT2D eigenvalue weighted by molar-refractivity contribution is 0.185. The summed E-state index contributed by atoms with van der Waals surface area (Å²) in [5.74, 6) is 1.27. The number of anilines is 1. The fourth-order valence-corrected chi connectivity index (χ4v) is 3.26. The minimum absolute atomic E-state index is 0.600. The van der Waals surface area contributed by atoms with E-state index in [0.29, 0.717) is 17.9 Å². The van der Waals surface area contributed by atoms with Crippen LogP contribution in [0.4, 0.5) is 5.69 Å². The number of hydrogen-bond donors (Lipinski definition) is 1. The van der Waals surface area contributed by atoms with E-state index < -0.39 is 0 Å². The summed E-state index contributed by atoms with van der Waals surface area (Å²) in [5, 5.41) is 4.35. The van der Waals surface area contributed by atoms with Gasteiger partial charge in [-0.05, 0) is 18.2 Å². The third kappa shape index (κ3) is 2.71. The molecule has 2 atom stereocenters. The van der Waals surface area contributed by atoms with Crippen molar-refractivity contribution in [1.29, 1.82) is 0 Å². The number of ether oxygens (including phenoxy) is 1. The number of thioether (sulfide) groups is 1. The van der Waals surface area contributed by atoms with Gasteiger partial charge in [-0.15, -0.1) is 0 Å². The van der Waals surface area contributed by atoms with Gasteiger partial charge >= 0.3 is 0 Å². The maximum atomic E-state index is 5.21. The van der Waals surface area contributed by atoms with E-state index in [2.05, 4.69) is 48.3 Å². The maximum Gasteiger partial charge on any atom is 0.0733 e. The van der Waals surface area contributed by atoms with Gasteiger partial charge in [0.2, 0.25) is 0 Å². The molecule has 0 radical (unpaired) electrons. The number of nitrogens with one attached hydrogen (secondary N) is 1. The normalized spacial score (nSPS) is 24.6. The Labute approximate surface area is 102 Å².